The van der Waals surface area contributed by atoms with Crippen LogP contribution in [0, 0.1) is 0 Å². The highest BCUT2D eigenvalue weighted by molar-refractivity contribution is 5.66. The van der Waals surface area contributed by atoms with Crippen LogP contribution in [0.2, 0.25) is 0 Å². The maximum absolute atomic E-state index is 10.2. The number of carboxylic acids is 1. The predicted molar refractivity (Wildman–Crippen MR) is 108 cm³/mol. The Kier molecular flexibility index (Phi) is 22.9. The van der Waals surface area contributed by atoms with Crippen molar-refractivity contribution in [1.82, 2.24) is 0 Å². The SMILES string of the molecule is CCCCCCCCCCCC(=O)O.OCC(O)C1OCC(O)C1O.OCCO. The van der Waals surface area contributed by atoms with Gasteiger partial charge in [0.2, 0.25) is 0 Å². The van der Waals surface area contributed by atoms with Crippen LogP contribution >= 0.6 is 0 Å². The molecule has 9 nitrogen and oxygen atoms in total. The lowest BCUT2D eigenvalue weighted by molar-refractivity contribution is -0.137. The van der Waals surface area contributed by atoms with Crippen molar-refractivity contribution in [3.8, 4) is 0 Å². The Morgan fingerprint density at radius 1 is 0.931 bits per heavy atom. The van der Waals surface area contributed by atoms with Crippen LogP contribution in [-0.2, 0) is 9.53 Å². The Bertz CT molecular complexity index is 353. The number of hydrogen-bond donors (Lipinski definition) is 7. The Balaban J connectivity index is 0. The average Bonchev–Trinajstić information content (AvgIpc) is 3.05. The fraction of sp³-hybridized carbons (Fsp3) is 0.950. The van der Waals surface area contributed by atoms with Crippen LogP contribution in [0.3, 0.4) is 0 Å². The summed E-state index contributed by atoms with van der Waals surface area (Å²) in [7, 11) is 0. The zero-order valence-electron chi connectivity index (χ0n) is 17.7. The number of hydrogen-bond acceptors (Lipinski definition) is 8. The van der Waals surface area contributed by atoms with E-state index in [1.165, 1.54) is 44.9 Å². The van der Waals surface area contributed by atoms with Gasteiger partial charge in [-0.2, -0.15) is 0 Å². The minimum absolute atomic E-state index is 0.00287. The molecule has 1 aliphatic heterocycles. The summed E-state index contributed by atoms with van der Waals surface area (Å²) in [6.07, 6.45) is 7.43. The van der Waals surface area contributed by atoms with Gasteiger partial charge in [-0.15, -0.1) is 0 Å². The van der Waals surface area contributed by atoms with Gasteiger partial charge in [-0.05, 0) is 6.42 Å². The molecule has 0 saturated carbocycles. The van der Waals surface area contributed by atoms with E-state index in [9.17, 15) is 4.79 Å². The Morgan fingerprint density at radius 3 is 1.76 bits per heavy atom. The number of aliphatic hydroxyl groups is 6. The number of carbonyl (C=O) groups is 1. The third kappa shape index (κ3) is 18.9. The van der Waals surface area contributed by atoms with E-state index in [1.54, 1.807) is 0 Å². The summed E-state index contributed by atoms with van der Waals surface area (Å²) in [6, 6.07) is 0. The molecule has 1 saturated heterocycles. The van der Waals surface area contributed by atoms with Gasteiger partial charge in [-0.3, -0.25) is 4.79 Å². The molecule has 4 unspecified atom stereocenters. The van der Waals surface area contributed by atoms with Gasteiger partial charge in [-0.25, -0.2) is 0 Å². The summed E-state index contributed by atoms with van der Waals surface area (Å²) in [4.78, 5) is 10.2. The summed E-state index contributed by atoms with van der Waals surface area (Å²) >= 11 is 0. The largest absolute Gasteiger partial charge is 0.481 e. The van der Waals surface area contributed by atoms with Crippen molar-refractivity contribution >= 4 is 5.97 Å². The first-order chi connectivity index (χ1) is 13.8. The Hall–Kier alpha value is -0.810. The summed E-state index contributed by atoms with van der Waals surface area (Å²) in [5, 5.41) is 59.2. The van der Waals surface area contributed by atoms with Crippen molar-refractivity contribution < 1.29 is 45.3 Å². The average molecular weight is 427 g/mol. The molecule has 176 valence electrons. The smallest absolute Gasteiger partial charge is 0.303 e. The van der Waals surface area contributed by atoms with Crippen LogP contribution in [0.15, 0.2) is 0 Å². The summed E-state index contributed by atoms with van der Waals surface area (Å²) in [5.74, 6) is -0.659. The predicted octanol–water partition coefficient (Wildman–Crippen LogP) is 0.423. The van der Waals surface area contributed by atoms with Gasteiger partial charge in [-0.1, -0.05) is 58.3 Å². The normalized spacial score (nSPS) is 21.6. The number of aliphatic carboxylic acids is 1. The molecule has 0 aliphatic carbocycles. The fourth-order valence-corrected chi connectivity index (χ4v) is 2.66. The van der Waals surface area contributed by atoms with Crippen LogP contribution in [0.1, 0.15) is 71.1 Å². The zero-order valence-corrected chi connectivity index (χ0v) is 17.7. The lowest BCUT2D eigenvalue weighted by Crippen LogP contribution is -2.40. The molecule has 0 amide bonds. The molecule has 0 aromatic rings. The van der Waals surface area contributed by atoms with E-state index in [0.29, 0.717) is 6.42 Å². The minimum Gasteiger partial charge on any atom is -0.481 e. The molecule has 7 N–H and O–H groups in total. The quantitative estimate of drug-likeness (QED) is 0.206. The Morgan fingerprint density at radius 2 is 1.41 bits per heavy atom. The van der Waals surface area contributed by atoms with Crippen LogP contribution in [0.5, 0.6) is 0 Å². The van der Waals surface area contributed by atoms with E-state index in [0.717, 1.165) is 12.8 Å². The van der Waals surface area contributed by atoms with Crippen LogP contribution in [-0.4, -0.2) is 92.6 Å². The fourth-order valence-electron chi connectivity index (χ4n) is 2.66. The highest BCUT2D eigenvalue weighted by Gasteiger charge is 2.38. The van der Waals surface area contributed by atoms with Crippen molar-refractivity contribution in [3.63, 3.8) is 0 Å². The standard InChI is InChI=1S/C12H24O2.C6H12O5.C2H6O2/c1-2-3-4-5-6-7-8-9-10-11-12(13)14;7-1-3(8)6-5(10)4(9)2-11-6;3-1-2-4/h2-11H2,1H3,(H,13,14);3-10H,1-2H2;3-4H,1-2H2. The van der Waals surface area contributed by atoms with E-state index in [2.05, 4.69) is 6.92 Å². The molecule has 0 aromatic heterocycles. The third-order valence-electron chi connectivity index (χ3n) is 4.35. The maximum atomic E-state index is 10.2. The maximum Gasteiger partial charge on any atom is 0.303 e. The van der Waals surface area contributed by atoms with E-state index < -0.39 is 37.0 Å². The van der Waals surface area contributed by atoms with E-state index in [-0.39, 0.29) is 19.8 Å². The molecule has 0 bridgehead atoms. The number of rotatable bonds is 13. The molecule has 1 rings (SSSR count). The molecule has 4 atom stereocenters. The molecule has 29 heavy (non-hydrogen) atoms. The highest BCUT2D eigenvalue weighted by atomic mass is 16.5. The van der Waals surface area contributed by atoms with Crippen molar-refractivity contribution in [3.05, 3.63) is 0 Å². The molecular weight excluding hydrogens is 384 g/mol. The molecule has 1 aliphatic rings. The lowest BCUT2D eigenvalue weighted by Gasteiger charge is -2.18. The van der Waals surface area contributed by atoms with Crippen molar-refractivity contribution in [1.29, 1.82) is 0 Å². The first-order valence-corrected chi connectivity index (χ1v) is 10.6. The lowest BCUT2D eigenvalue weighted by atomic mass is 10.1. The minimum atomic E-state index is -1.12. The Labute approximate surface area is 174 Å². The second-order valence-electron chi connectivity index (χ2n) is 7.03. The molecule has 1 heterocycles. The second kappa shape index (κ2) is 21.9. The third-order valence-corrected chi connectivity index (χ3v) is 4.35. The zero-order chi connectivity index (χ0) is 22.5. The van der Waals surface area contributed by atoms with Gasteiger partial charge in [0.05, 0.1) is 26.4 Å². The van der Waals surface area contributed by atoms with Crippen molar-refractivity contribution in [2.75, 3.05) is 26.4 Å². The molecular formula is C20H42O9. The van der Waals surface area contributed by atoms with Gasteiger partial charge < -0.3 is 40.5 Å². The summed E-state index contributed by atoms with van der Waals surface area (Å²) < 4.78 is 4.82. The summed E-state index contributed by atoms with van der Waals surface area (Å²) in [5.41, 5.74) is 0. The highest BCUT2D eigenvalue weighted by Crippen LogP contribution is 2.17. The van der Waals surface area contributed by atoms with Gasteiger partial charge in [0, 0.05) is 6.42 Å². The monoisotopic (exact) mass is 426 g/mol. The van der Waals surface area contributed by atoms with E-state index >= 15 is 0 Å². The number of unbranched alkanes of at least 4 members (excludes halogenated alkanes) is 8. The number of carboxylic acid groups (broad SMARTS) is 1. The molecule has 1 fully saturated rings. The van der Waals surface area contributed by atoms with Gasteiger partial charge >= 0.3 is 5.97 Å². The van der Waals surface area contributed by atoms with Crippen LogP contribution < -0.4 is 0 Å². The molecule has 9 heteroatoms. The second-order valence-corrected chi connectivity index (χ2v) is 7.03. The van der Waals surface area contributed by atoms with E-state index in [1.807, 2.05) is 0 Å². The van der Waals surface area contributed by atoms with Gasteiger partial charge in [0.25, 0.3) is 0 Å². The van der Waals surface area contributed by atoms with Gasteiger partial charge in [0.1, 0.15) is 24.4 Å². The number of ether oxygens (including phenoxy) is 1. The molecule has 0 radical (unpaired) electrons. The molecule has 0 aromatic carbocycles. The topological polar surface area (TPSA) is 168 Å². The first-order valence-electron chi connectivity index (χ1n) is 10.6. The molecule has 0 spiro atoms. The van der Waals surface area contributed by atoms with Crippen LogP contribution in [0.25, 0.3) is 0 Å². The van der Waals surface area contributed by atoms with Crippen LogP contribution in [0.4, 0.5) is 0 Å². The van der Waals surface area contributed by atoms with Crippen molar-refractivity contribution in [2.24, 2.45) is 0 Å². The van der Waals surface area contributed by atoms with Crippen molar-refractivity contribution in [2.45, 2.75) is 95.5 Å². The first kappa shape index (κ1) is 30.4. The van der Waals surface area contributed by atoms with Gasteiger partial charge in [0.15, 0.2) is 0 Å². The number of aliphatic hydroxyl groups excluding tert-OH is 6. The summed E-state index contributed by atoms with van der Waals surface area (Å²) in [6.45, 7) is 1.50. The van der Waals surface area contributed by atoms with E-state index in [4.69, 9.17) is 40.5 Å².